The summed E-state index contributed by atoms with van der Waals surface area (Å²) in [5.41, 5.74) is 1.22. The molecule has 1 N–H and O–H groups in total. The Kier molecular flexibility index (Phi) is 4.78. The van der Waals surface area contributed by atoms with Gasteiger partial charge in [-0.2, -0.15) is 0 Å². The zero-order valence-electron chi connectivity index (χ0n) is 10.3. The van der Waals surface area contributed by atoms with Crippen LogP contribution in [0.1, 0.15) is 5.56 Å². The number of halogens is 1. The van der Waals surface area contributed by atoms with Crippen LogP contribution in [0, 0.1) is 0 Å². The molecule has 0 unspecified atom stereocenters. The molecule has 0 spiro atoms. The van der Waals surface area contributed by atoms with Crippen LogP contribution in [-0.2, 0) is 17.8 Å². The average molecular weight is 310 g/mol. The van der Waals surface area contributed by atoms with E-state index in [1.54, 1.807) is 13.3 Å². The minimum atomic E-state index is 0.684. The number of nitrogens with zero attached hydrogens (tertiary/aromatic N) is 2. The minimum Gasteiger partial charge on any atom is -0.383 e. The van der Waals surface area contributed by atoms with Gasteiger partial charge in [0.2, 0.25) is 5.95 Å². The van der Waals surface area contributed by atoms with Crippen molar-refractivity contribution < 1.29 is 4.74 Å². The van der Waals surface area contributed by atoms with E-state index in [0.717, 1.165) is 23.5 Å². The van der Waals surface area contributed by atoms with E-state index in [1.807, 2.05) is 22.9 Å². The lowest BCUT2D eigenvalue weighted by atomic mass is 10.2. The van der Waals surface area contributed by atoms with E-state index in [9.17, 15) is 0 Å². The molecule has 0 amide bonds. The predicted molar refractivity (Wildman–Crippen MR) is 75.6 cm³/mol. The number of hydrogen-bond donors (Lipinski definition) is 1. The highest BCUT2D eigenvalue weighted by Gasteiger charge is 2.01. The fourth-order valence-electron chi connectivity index (χ4n) is 1.63. The Morgan fingerprint density at radius 3 is 2.83 bits per heavy atom. The summed E-state index contributed by atoms with van der Waals surface area (Å²) in [4.78, 5) is 4.29. The van der Waals surface area contributed by atoms with Crippen molar-refractivity contribution in [2.75, 3.05) is 19.0 Å². The number of nitrogens with one attached hydrogen (secondary N) is 1. The van der Waals surface area contributed by atoms with E-state index in [2.05, 4.69) is 38.4 Å². The number of benzene rings is 1. The largest absolute Gasteiger partial charge is 0.383 e. The van der Waals surface area contributed by atoms with Crippen LogP contribution in [0.2, 0.25) is 0 Å². The molecule has 18 heavy (non-hydrogen) atoms. The van der Waals surface area contributed by atoms with E-state index >= 15 is 0 Å². The van der Waals surface area contributed by atoms with Gasteiger partial charge in [0.15, 0.2) is 0 Å². The number of aromatic nitrogens is 2. The highest BCUT2D eigenvalue weighted by molar-refractivity contribution is 9.10. The van der Waals surface area contributed by atoms with Gasteiger partial charge < -0.3 is 14.6 Å². The van der Waals surface area contributed by atoms with Crippen LogP contribution in [0.25, 0.3) is 0 Å². The number of methoxy groups -OCH3 is 1. The summed E-state index contributed by atoms with van der Waals surface area (Å²) in [5, 5.41) is 3.32. The molecule has 1 aromatic carbocycles. The number of anilines is 1. The van der Waals surface area contributed by atoms with Crippen molar-refractivity contribution in [3.05, 3.63) is 46.7 Å². The van der Waals surface area contributed by atoms with Crippen LogP contribution < -0.4 is 5.32 Å². The SMILES string of the molecule is COCCn1ccnc1NCc1ccc(Br)cc1. The molecule has 0 aliphatic rings. The third-order valence-corrected chi connectivity index (χ3v) is 3.14. The molecule has 2 aromatic rings. The predicted octanol–water partition coefficient (Wildman–Crippen LogP) is 2.90. The standard InChI is InChI=1S/C13H16BrN3O/c1-18-9-8-17-7-6-15-13(17)16-10-11-2-4-12(14)5-3-11/h2-7H,8-10H2,1H3,(H,15,16). The van der Waals surface area contributed by atoms with Crippen LogP contribution in [-0.4, -0.2) is 23.3 Å². The first kappa shape index (κ1) is 13.1. The van der Waals surface area contributed by atoms with E-state index in [1.165, 1.54) is 5.56 Å². The van der Waals surface area contributed by atoms with Gasteiger partial charge in [-0.1, -0.05) is 28.1 Å². The lowest BCUT2D eigenvalue weighted by molar-refractivity contribution is 0.187. The topological polar surface area (TPSA) is 39.1 Å². The zero-order chi connectivity index (χ0) is 12.8. The van der Waals surface area contributed by atoms with Crippen LogP contribution in [0.4, 0.5) is 5.95 Å². The average Bonchev–Trinajstić information content (AvgIpc) is 2.83. The molecule has 0 fully saturated rings. The summed E-state index contributed by atoms with van der Waals surface area (Å²) in [6, 6.07) is 8.24. The number of ether oxygens (including phenoxy) is 1. The summed E-state index contributed by atoms with van der Waals surface area (Å²) in [6.07, 6.45) is 3.74. The molecule has 0 atom stereocenters. The first-order valence-electron chi connectivity index (χ1n) is 5.78. The van der Waals surface area contributed by atoms with Gasteiger partial charge in [-0.25, -0.2) is 4.98 Å². The molecule has 2 rings (SSSR count). The van der Waals surface area contributed by atoms with Crippen molar-refractivity contribution in [2.24, 2.45) is 0 Å². The van der Waals surface area contributed by atoms with Crippen LogP contribution in [0.3, 0.4) is 0 Å². The zero-order valence-corrected chi connectivity index (χ0v) is 11.9. The van der Waals surface area contributed by atoms with E-state index in [4.69, 9.17) is 4.74 Å². The lowest BCUT2D eigenvalue weighted by Gasteiger charge is -2.09. The molecule has 4 nitrogen and oxygen atoms in total. The Bertz CT molecular complexity index is 481. The first-order chi connectivity index (χ1) is 8.79. The second-order valence-electron chi connectivity index (χ2n) is 3.92. The van der Waals surface area contributed by atoms with Gasteiger partial charge in [-0.3, -0.25) is 0 Å². The Morgan fingerprint density at radius 1 is 1.33 bits per heavy atom. The molecule has 0 aliphatic heterocycles. The van der Waals surface area contributed by atoms with E-state index in [-0.39, 0.29) is 0 Å². The molecule has 96 valence electrons. The van der Waals surface area contributed by atoms with Gasteiger partial charge in [0.05, 0.1) is 6.61 Å². The van der Waals surface area contributed by atoms with Gasteiger partial charge in [-0.05, 0) is 17.7 Å². The molecule has 0 bridgehead atoms. The molecule has 0 saturated carbocycles. The first-order valence-corrected chi connectivity index (χ1v) is 6.57. The molecular formula is C13H16BrN3O. The highest BCUT2D eigenvalue weighted by Crippen LogP contribution is 2.12. The van der Waals surface area contributed by atoms with E-state index in [0.29, 0.717) is 6.61 Å². The number of hydrogen-bond acceptors (Lipinski definition) is 3. The van der Waals surface area contributed by atoms with Crippen LogP contribution in [0.15, 0.2) is 41.1 Å². The Morgan fingerprint density at radius 2 is 2.11 bits per heavy atom. The van der Waals surface area contributed by atoms with Gasteiger partial charge in [0, 0.05) is 37.1 Å². The fraction of sp³-hybridized carbons (Fsp3) is 0.308. The molecule has 0 radical (unpaired) electrons. The normalized spacial score (nSPS) is 10.6. The Labute approximate surface area is 115 Å². The summed E-state index contributed by atoms with van der Waals surface area (Å²) in [7, 11) is 1.70. The number of imidazole rings is 1. The maximum atomic E-state index is 5.06. The summed E-state index contributed by atoms with van der Waals surface area (Å²) < 4.78 is 8.20. The maximum Gasteiger partial charge on any atom is 0.203 e. The van der Waals surface area contributed by atoms with Gasteiger partial charge in [-0.15, -0.1) is 0 Å². The fourth-order valence-corrected chi connectivity index (χ4v) is 1.89. The van der Waals surface area contributed by atoms with Gasteiger partial charge in [0.25, 0.3) is 0 Å². The maximum absolute atomic E-state index is 5.06. The van der Waals surface area contributed by atoms with Crippen molar-refractivity contribution in [1.82, 2.24) is 9.55 Å². The quantitative estimate of drug-likeness (QED) is 0.892. The third-order valence-electron chi connectivity index (χ3n) is 2.62. The minimum absolute atomic E-state index is 0.684. The van der Waals surface area contributed by atoms with Crippen molar-refractivity contribution >= 4 is 21.9 Å². The van der Waals surface area contributed by atoms with Gasteiger partial charge in [0.1, 0.15) is 0 Å². The lowest BCUT2D eigenvalue weighted by Crippen LogP contribution is -2.09. The monoisotopic (exact) mass is 309 g/mol. The van der Waals surface area contributed by atoms with Crippen molar-refractivity contribution in [3.63, 3.8) is 0 Å². The number of rotatable bonds is 6. The Hall–Kier alpha value is -1.33. The van der Waals surface area contributed by atoms with Crippen LogP contribution >= 0.6 is 15.9 Å². The summed E-state index contributed by atoms with van der Waals surface area (Å²) >= 11 is 3.42. The van der Waals surface area contributed by atoms with Crippen molar-refractivity contribution in [2.45, 2.75) is 13.1 Å². The van der Waals surface area contributed by atoms with Gasteiger partial charge >= 0.3 is 0 Å². The summed E-state index contributed by atoms with van der Waals surface area (Å²) in [6.45, 7) is 2.25. The molecule has 1 heterocycles. The smallest absolute Gasteiger partial charge is 0.203 e. The molecular weight excluding hydrogens is 294 g/mol. The van der Waals surface area contributed by atoms with E-state index < -0.39 is 0 Å². The third kappa shape index (κ3) is 3.58. The van der Waals surface area contributed by atoms with Crippen LogP contribution in [0.5, 0.6) is 0 Å². The molecule has 5 heteroatoms. The molecule has 1 aromatic heterocycles. The second kappa shape index (κ2) is 6.56. The molecule has 0 saturated heterocycles. The Balaban J connectivity index is 1.93. The highest BCUT2D eigenvalue weighted by atomic mass is 79.9. The molecule has 0 aliphatic carbocycles. The van der Waals surface area contributed by atoms with Crippen molar-refractivity contribution in [1.29, 1.82) is 0 Å². The summed E-state index contributed by atoms with van der Waals surface area (Å²) in [5.74, 6) is 0.870. The second-order valence-corrected chi connectivity index (χ2v) is 4.83. The van der Waals surface area contributed by atoms with Crippen molar-refractivity contribution in [3.8, 4) is 0 Å².